The van der Waals surface area contributed by atoms with Crippen molar-refractivity contribution < 1.29 is 9.53 Å². The minimum absolute atomic E-state index is 0.355. The van der Waals surface area contributed by atoms with Crippen LogP contribution in [0.4, 0.5) is 0 Å². The summed E-state index contributed by atoms with van der Waals surface area (Å²) in [7, 11) is 0. The highest BCUT2D eigenvalue weighted by Gasteiger charge is 2.10. The Kier molecular flexibility index (Phi) is 3.16. The van der Waals surface area contributed by atoms with Gasteiger partial charge >= 0.3 is 5.97 Å². The van der Waals surface area contributed by atoms with Crippen molar-refractivity contribution in [3.8, 4) is 0 Å². The van der Waals surface area contributed by atoms with Crippen LogP contribution in [0.1, 0.15) is 17.3 Å². The van der Waals surface area contributed by atoms with Crippen molar-refractivity contribution in [1.82, 2.24) is 10.2 Å². The molecule has 0 aliphatic rings. The molecule has 0 aliphatic carbocycles. The van der Waals surface area contributed by atoms with E-state index in [1.807, 2.05) is 0 Å². The second-order valence-corrected chi connectivity index (χ2v) is 2.71. The van der Waals surface area contributed by atoms with Gasteiger partial charge in [0.25, 0.3) is 0 Å². The molecule has 4 nitrogen and oxygen atoms in total. The first-order valence-electron chi connectivity index (χ1n) is 3.40. The van der Waals surface area contributed by atoms with Crippen molar-refractivity contribution in [2.45, 2.75) is 6.92 Å². The number of aromatic nitrogens is 2. The predicted octanol–water partition coefficient (Wildman–Crippen LogP) is 1.42. The molecule has 0 radical (unpaired) electrons. The topological polar surface area (TPSA) is 52.1 Å². The third-order valence-electron chi connectivity index (χ3n) is 1.17. The van der Waals surface area contributed by atoms with Gasteiger partial charge in [-0.25, -0.2) is 4.79 Å². The lowest BCUT2D eigenvalue weighted by atomic mass is 10.3. The smallest absolute Gasteiger partial charge is 0.341 e. The van der Waals surface area contributed by atoms with Gasteiger partial charge < -0.3 is 4.74 Å². The van der Waals surface area contributed by atoms with Gasteiger partial charge in [0.15, 0.2) is 0 Å². The zero-order valence-electron chi connectivity index (χ0n) is 6.45. The summed E-state index contributed by atoms with van der Waals surface area (Å²) in [6.07, 6.45) is 1.44. The summed E-state index contributed by atoms with van der Waals surface area (Å²) in [5.74, 6) is -0.390. The lowest BCUT2D eigenvalue weighted by molar-refractivity contribution is 0.0524. The molecule has 0 saturated heterocycles. The minimum atomic E-state index is -0.390. The molecule has 5 heteroatoms. The Bertz CT molecular complexity index is 290. The largest absolute Gasteiger partial charge is 0.462 e. The molecule has 12 heavy (non-hydrogen) atoms. The van der Waals surface area contributed by atoms with Gasteiger partial charge in [-0.3, -0.25) is 0 Å². The minimum Gasteiger partial charge on any atom is -0.462 e. The molecule has 1 aromatic heterocycles. The Labute approximate surface area is 78.1 Å². The van der Waals surface area contributed by atoms with E-state index in [-0.39, 0.29) is 5.97 Å². The molecule has 0 fully saturated rings. The fourth-order valence-electron chi connectivity index (χ4n) is 0.676. The Balaban J connectivity index is 2.87. The van der Waals surface area contributed by atoms with Gasteiger partial charge in [-0.05, 0) is 28.9 Å². The molecule has 1 rings (SSSR count). The van der Waals surface area contributed by atoms with Crippen LogP contribution in [0.3, 0.4) is 0 Å². The lowest BCUT2D eigenvalue weighted by Gasteiger charge is -2.00. The molecule has 0 saturated carbocycles. The molecule has 1 heterocycles. The Hall–Kier alpha value is -0.970. The van der Waals surface area contributed by atoms with Gasteiger partial charge in [-0.2, -0.15) is 5.10 Å². The van der Waals surface area contributed by atoms with Crippen molar-refractivity contribution in [3.05, 3.63) is 22.4 Å². The van der Waals surface area contributed by atoms with E-state index >= 15 is 0 Å². The van der Waals surface area contributed by atoms with E-state index in [4.69, 9.17) is 4.74 Å². The third kappa shape index (κ3) is 2.01. The molecule has 1 aromatic rings. The summed E-state index contributed by atoms with van der Waals surface area (Å²) in [6, 6.07) is 1.55. The van der Waals surface area contributed by atoms with Gasteiger partial charge in [0.05, 0.1) is 18.4 Å². The van der Waals surface area contributed by atoms with Crippen LogP contribution in [-0.2, 0) is 4.74 Å². The number of hydrogen-bond acceptors (Lipinski definition) is 4. The molecule has 64 valence electrons. The van der Waals surface area contributed by atoms with E-state index in [1.54, 1.807) is 13.0 Å². The van der Waals surface area contributed by atoms with Crippen molar-refractivity contribution in [3.63, 3.8) is 0 Å². The Morgan fingerprint density at radius 1 is 1.75 bits per heavy atom. The van der Waals surface area contributed by atoms with Gasteiger partial charge in [-0.1, -0.05) is 0 Å². The van der Waals surface area contributed by atoms with Gasteiger partial charge in [0, 0.05) is 0 Å². The molecular formula is C7H7BrN2O2. The first-order chi connectivity index (χ1) is 5.75. The first kappa shape index (κ1) is 9.12. The van der Waals surface area contributed by atoms with Crippen molar-refractivity contribution in [1.29, 1.82) is 0 Å². The molecular weight excluding hydrogens is 224 g/mol. The van der Waals surface area contributed by atoms with E-state index in [1.165, 1.54) is 6.20 Å². The Morgan fingerprint density at radius 2 is 2.50 bits per heavy atom. The molecule has 0 amide bonds. The maximum Gasteiger partial charge on any atom is 0.341 e. The molecule has 0 aliphatic heterocycles. The van der Waals surface area contributed by atoms with Crippen LogP contribution in [0.15, 0.2) is 16.9 Å². The van der Waals surface area contributed by atoms with Crippen LogP contribution >= 0.6 is 15.9 Å². The third-order valence-corrected chi connectivity index (χ3v) is 1.76. The number of carbonyl (C=O) groups is 1. The molecule has 0 unspecified atom stereocenters. The van der Waals surface area contributed by atoms with Crippen LogP contribution < -0.4 is 0 Å². The number of carbonyl (C=O) groups excluding carboxylic acids is 1. The number of nitrogens with zero attached hydrogens (tertiary/aromatic N) is 2. The van der Waals surface area contributed by atoms with Crippen LogP contribution in [0, 0.1) is 0 Å². The van der Waals surface area contributed by atoms with Crippen LogP contribution in [-0.4, -0.2) is 22.8 Å². The monoisotopic (exact) mass is 230 g/mol. The first-order valence-corrected chi connectivity index (χ1v) is 4.19. The summed E-state index contributed by atoms with van der Waals surface area (Å²) >= 11 is 3.09. The van der Waals surface area contributed by atoms with Crippen LogP contribution in [0.25, 0.3) is 0 Å². The highest BCUT2D eigenvalue weighted by atomic mass is 79.9. The molecule has 0 atom stereocenters. The number of hydrogen-bond donors (Lipinski definition) is 0. The average Bonchev–Trinajstić information content (AvgIpc) is 2.05. The van der Waals surface area contributed by atoms with Gasteiger partial charge in [0.2, 0.25) is 0 Å². The zero-order chi connectivity index (χ0) is 8.97. The fraction of sp³-hybridized carbons (Fsp3) is 0.286. The maximum atomic E-state index is 11.1. The number of ether oxygens (including phenoxy) is 1. The second kappa shape index (κ2) is 4.15. The van der Waals surface area contributed by atoms with Gasteiger partial charge in [0.1, 0.15) is 4.60 Å². The quantitative estimate of drug-likeness (QED) is 0.722. The van der Waals surface area contributed by atoms with E-state index in [2.05, 4.69) is 26.1 Å². The summed E-state index contributed by atoms with van der Waals surface area (Å²) < 4.78 is 5.18. The molecule has 0 N–H and O–H groups in total. The number of rotatable bonds is 2. The van der Waals surface area contributed by atoms with Crippen molar-refractivity contribution in [2.75, 3.05) is 6.61 Å². The highest BCUT2D eigenvalue weighted by Crippen LogP contribution is 2.12. The van der Waals surface area contributed by atoms with Crippen molar-refractivity contribution in [2.24, 2.45) is 0 Å². The molecule has 0 bridgehead atoms. The normalized spacial score (nSPS) is 9.50. The van der Waals surface area contributed by atoms with E-state index in [0.29, 0.717) is 16.8 Å². The van der Waals surface area contributed by atoms with Crippen molar-refractivity contribution >= 4 is 21.9 Å². The van der Waals surface area contributed by atoms with E-state index in [0.717, 1.165) is 0 Å². The summed E-state index contributed by atoms with van der Waals surface area (Å²) in [5.41, 5.74) is 0.395. The summed E-state index contributed by atoms with van der Waals surface area (Å²) in [5, 5.41) is 7.23. The lowest BCUT2D eigenvalue weighted by Crippen LogP contribution is -2.06. The summed E-state index contributed by atoms with van der Waals surface area (Å²) in [6.45, 7) is 2.11. The van der Waals surface area contributed by atoms with E-state index in [9.17, 15) is 4.79 Å². The number of esters is 1. The maximum absolute atomic E-state index is 11.1. The fourth-order valence-corrected chi connectivity index (χ4v) is 1.06. The van der Waals surface area contributed by atoms with Gasteiger partial charge in [-0.15, -0.1) is 5.10 Å². The Morgan fingerprint density at radius 3 is 3.08 bits per heavy atom. The average molecular weight is 231 g/mol. The van der Waals surface area contributed by atoms with E-state index < -0.39 is 0 Å². The summed E-state index contributed by atoms with van der Waals surface area (Å²) in [4.78, 5) is 11.1. The van der Waals surface area contributed by atoms with Crippen LogP contribution in [0.5, 0.6) is 0 Å². The van der Waals surface area contributed by atoms with Crippen LogP contribution in [0.2, 0.25) is 0 Å². The molecule has 0 spiro atoms. The SMILES string of the molecule is CCOC(=O)c1ccnnc1Br. The number of halogens is 1. The highest BCUT2D eigenvalue weighted by molar-refractivity contribution is 9.10. The molecule has 0 aromatic carbocycles. The standard InChI is InChI=1S/C7H7BrN2O2/c1-2-12-7(11)5-3-4-9-10-6(5)8/h3-4H,2H2,1H3. The zero-order valence-corrected chi connectivity index (χ0v) is 8.04. The predicted molar refractivity (Wildman–Crippen MR) is 45.7 cm³/mol. The second-order valence-electron chi connectivity index (χ2n) is 1.96.